The van der Waals surface area contributed by atoms with Crippen molar-refractivity contribution in [2.75, 3.05) is 5.32 Å². The van der Waals surface area contributed by atoms with E-state index in [1.807, 2.05) is 12.1 Å². The summed E-state index contributed by atoms with van der Waals surface area (Å²) in [5.41, 5.74) is 4.45. The molecule has 0 saturated heterocycles. The molecule has 0 bridgehead atoms. The zero-order chi connectivity index (χ0) is 17.6. The second kappa shape index (κ2) is 5.96. The molecule has 0 saturated carbocycles. The van der Waals surface area contributed by atoms with Gasteiger partial charge in [0.15, 0.2) is 0 Å². The molecule has 3 aromatic rings. The Kier molecular flexibility index (Phi) is 3.75. The standard InChI is InChI=1S/C21H18FNO2/c1-12-10-16(22)8-9-17(12)23-19-18(20(24)21(19)25)15-7-6-13-4-2-3-5-14(13)11-15/h6-11,23H,2-5H2,1H3. The Labute approximate surface area is 144 Å². The van der Waals surface area contributed by atoms with Crippen LogP contribution in [0.15, 0.2) is 46.0 Å². The number of nitrogens with one attached hydrogen (secondary N) is 1. The Bertz CT molecular complexity index is 1040. The van der Waals surface area contributed by atoms with E-state index in [2.05, 4.69) is 11.4 Å². The summed E-state index contributed by atoms with van der Waals surface area (Å²) in [6.07, 6.45) is 4.44. The summed E-state index contributed by atoms with van der Waals surface area (Å²) in [7, 11) is 0. The minimum Gasteiger partial charge on any atom is -0.351 e. The maximum Gasteiger partial charge on any atom is 0.250 e. The van der Waals surface area contributed by atoms with Gasteiger partial charge in [-0.15, -0.1) is 0 Å². The van der Waals surface area contributed by atoms with Gasteiger partial charge in [-0.25, -0.2) is 4.39 Å². The maximum atomic E-state index is 13.3. The Hall–Kier alpha value is -2.75. The molecule has 0 aromatic heterocycles. The third kappa shape index (κ3) is 2.68. The van der Waals surface area contributed by atoms with Gasteiger partial charge in [0.1, 0.15) is 11.5 Å². The molecule has 4 heteroatoms. The van der Waals surface area contributed by atoms with Crippen LogP contribution in [0.1, 0.15) is 29.5 Å². The summed E-state index contributed by atoms with van der Waals surface area (Å²) in [4.78, 5) is 24.2. The molecule has 0 amide bonds. The smallest absolute Gasteiger partial charge is 0.250 e. The van der Waals surface area contributed by atoms with Crippen LogP contribution in [0.3, 0.4) is 0 Å². The van der Waals surface area contributed by atoms with Gasteiger partial charge >= 0.3 is 0 Å². The van der Waals surface area contributed by atoms with Crippen molar-refractivity contribution in [2.45, 2.75) is 32.6 Å². The topological polar surface area (TPSA) is 46.2 Å². The number of rotatable bonds is 3. The Balaban J connectivity index is 1.74. The summed E-state index contributed by atoms with van der Waals surface area (Å²) < 4.78 is 13.3. The van der Waals surface area contributed by atoms with Crippen LogP contribution in [-0.4, -0.2) is 0 Å². The highest BCUT2D eigenvalue weighted by Crippen LogP contribution is 2.31. The fourth-order valence-electron chi connectivity index (χ4n) is 3.58. The van der Waals surface area contributed by atoms with Crippen LogP contribution in [0.25, 0.3) is 11.1 Å². The minimum atomic E-state index is -0.517. The quantitative estimate of drug-likeness (QED) is 0.735. The number of fused-ring (bicyclic) bond motifs is 1. The van der Waals surface area contributed by atoms with E-state index in [0.717, 1.165) is 24.8 Å². The van der Waals surface area contributed by atoms with Gasteiger partial charge < -0.3 is 5.32 Å². The second-order valence-electron chi connectivity index (χ2n) is 6.68. The summed E-state index contributed by atoms with van der Waals surface area (Å²) in [5.74, 6) is -0.331. The largest absolute Gasteiger partial charge is 0.351 e. The fourth-order valence-corrected chi connectivity index (χ4v) is 3.58. The van der Waals surface area contributed by atoms with Crippen molar-refractivity contribution in [1.29, 1.82) is 0 Å². The normalized spacial score (nSPS) is 13.7. The predicted octanol–water partition coefficient (Wildman–Crippen LogP) is 4.02. The number of anilines is 2. The molecule has 4 rings (SSSR count). The van der Waals surface area contributed by atoms with Crippen LogP contribution in [0.5, 0.6) is 0 Å². The molecule has 0 heterocycles. The first kappa shape index (κ1) is 15.8. The Morgan fingerprint density at radius 3 is 2.44 bits per heavy atom. The van der Waals surface area contributed by atoms with Crippen LogP contribution in [0.2, 0.25) is 0 Å². The van der Waals surface area contributed by atoms with Gasteiger partial charge in [0, 0.05) is 5.69 Å². The third-order valence-electron chi connectivity index (χ3n) is 5.00. The molecular weight excluding hydrogens is 317 g/mol. The van der Waals surface area contributed by atoms with Crippen LogP contribution in [-0.2, 0) is 12.8 Å². The van der Waals surface area contributed by atoms with Crippen molar-refractivity contribution in [3.63, 3.8) is 0 Å². The molecule has 0 radical (unpaired) electrons. The van der Waals surface area contributed by atoms with Crippen molar-refractivity contribution in [3.8, 4) is 11.1 Å². The first-order valence-corrected chi connectivity index (χ1v) is 8.53. The molecule has 1 aliphatic rings. The lowest BCUT2D eigenvalue weighted by Gasteiger charge is -2.19. The van der Waals surface area contributed by atoms with E-state index in [4.69, 9.17) is 0 Å². The summed E-state index contributed by atoms with van der Waals surface area (Å²) in [5, 5.41) is 3.03. The Morgan fingerprint density at radius 2 is 1.68 bits per heavy atom. The highest BCUT2D eigenvalue weighted by Gasteiger charge is 2.24. The van der Waals surface area contributed by atoms with E-state index in [-0.39, 0.29) is 5.82 Å². The SMILES string of the molecule is Cc1cc(F)ccc1Nc1c(-c2ccc3c(c2)CCCC3)c(=O)c1=O. The molecule has 0 unspecified atom stereocenters. The molecule has 3 nitrogen and oxygen atoms in total. The van der Waals surface area contributed by atoms with Crippen molar-refractivity contribution < 1.29 is 4.39 Å². The van der Waals surface area contributed by atoms with Gasteiger partial charge in [-0.05, 0) is 73.1 Å². The zero-order valence-electron chi connectivity index (χ0n) is 14.0. The van der Waals surface area contributed by atoms with E-state index in [1.165, 1.54) is 29.7 Å². The van der Waals surface area contributed by atoms with E-state index in [9.17, 15) is 14.0 Å². The fraction of sp³-hybridized carbons (Fsp3) is 0.238. The van der Waals surface area contributed by atoms with Crippen molar-refractivity contribution in [1.82, 2.24) is 0 Å². The summed E-state index contributed by atoms with van der Waals surface area (Å²) in [6, 6.07) is 10.3. The predicted molar refractivity (Wildman–Crippen MR) is 97.9 cm³/mol. The van der Waals surface area contributed by atoms with Gasteiger partial charge in [0.05, 0.1) is 5.56 Å². The van der Waals surface area contributed by atoms with Gasteiger partial charge in [0.2, 0.25) is 5.43 Å². The molecular formula is C21H18FNO2. The molecule has 126 valence electrons. The number of hydrogen-bond acceptors (Lipinski definition) is 3. The Morgan fingerprint density at radius 1 is 0.920 bits per heavy atom. The van der Waals surface area contributed by atoms with E-state index in [1.54, 1.807) is 13.0 Å². The average Bonchev–Trinajstić information content (AvgIpc) is 2.62. The lowest BCUT2D eigenvalue weighted by molar-refractivity contribution is 0.627. The molecule has 1 N–H and O–H groups in total. The number of benzene rings is 2. The molecule has 3 aromatic carbocycles. The molecule has 0 fully saturated rings. The minimum absolute atomic E-state index is 0.301. The molecule has 0 atom stereocenters. The van der Waals surface area contributed by atoms with Crippen LogP contribution in [0.4, 0.5) is 15.8 Å². The average molecular weight is 335 g/mol. The van der Waals surface area contributed by atoms with E-state index >= 15 is 0 Å². The summed E-state index contributed by atoms with van der Waals surface area (Å²) >= 11 is 0. The van der Waals surface area contributed by atoms with E-state index < -0.39 is 10.9 Å². The monoisotopic (exact) mass is 335 g/mol. The first-order chi connectivity index (χ1) is 12.0. The molecule has 0 spiro atoms. The van der Waals surface area contributed by atoms with Crippen molar-refractivity contribution >= 4 is 11.4 Å². The lowest BCUT2D eigenvalue weighted by Crippen LogP contribution is -2.35. The van der Waals surface area contributed by atoms with Crippen LogP contribution in [0, 0.1) is 12.7 Å². The number of hydrogen-bond donors (Lipinski definition) is 1. The van der Waals surface area contributed by atoms with Crippen molar-refractivity contribution in [3.05, 3.63) is 79.4 Å². The van der Waals surface area contributed by atoms with E-state index in [0.29, 0.717) is 22.5 Å². The van der Waals surface area contributed by atoms with Gasteiger partial charge in [-0.1, -0.05) is 18.2 Å². The molecule has 1 aliphatic carbocycles. The third-order valence-corrected chi connectivity index (χ3v) is 5.00. The lowest BCUT2D eigenvalue weighted by atomic mass is 9.88. The van der Waals surface area contributed by atoms with Gasteiger partial charge in [0.25, 0.3) is 5.43 Å². The van der Waals surface area contributed by atoms with Crippen molar-refractivity contribution in [2.24, 2.45) is 0 Å². The highest BCUT2D eigenvalue weighted by molar-refractivity contribution is 5.85. The maximum absolute atomic E-state index is 13.3. The van der Waals surface area contributed by atoms with Crippen LogP contribution < -0.4 is 16.2 Å². The number of halogens is 1. The zero-order valence-corrected chi connectivity index (χ0v) is 14.0. The van der Waals surface area contributed by atoms with Crippen LogP contribution >= 0.6 is 0 Å². The van der Waals surface area contributed by atoms with Gasteiger partial charge in [-0.3, -0.25) is 9.59 Å². The molecule has 0 aliphatic heterocycles. The first-order valence-electron chi connectivity index (χ1n) is 8.53. The highest BCUT2D eigenvalue weighted by atomic mass is 19.1. The van der Waals surface area contributed by atoms with Gasteiger partial charge in [-0.2, -0.15) is 0 Å². The molecule has 25 heavy (non-hydrogen) atoms. The summed E-state index contributed by atoms with van der Waals surface area (Å²) in [6.45, 7) is 1.76. The second-order valence-corrected chi connectivity index (χ2v) is 6.68. The number of aryl methyl sites for hydroxylation is 3.